The summed E-state index contributed by atoms with van der Waals surface area (Å²) in [5.41, 5.74) is -0.393. The Morgan fingerprint density at radius 3 is 2.58 bits per heavy atom. The maximum atomic E-state index is 13.7. The third kappa shape index (κ3) is 3.53. The molecule has 1 fully saturated rings. The maximum Gasteiger partial charge on any atom is 0.162 e. The summed E-state index contributed by atoms with van der Waals surface area (Å²) >= 11 is 0. The molecule has 1 aromatic rings. The van der Waals surface area contributed by atoms with Gasteiger partial charge >= 0.3 is 0 Å². The summed E-state index contributed by atoms with van der Waals surface area (Å²) in [6.45, 7) is 4.39. The molecule has 1 saturated carbocycles. The number of aliphatic hydroxyl groups is 1. The number of halogens is 2. The van der Waals surface area contributed by atoms with Crippen LogP contribution in [0.25, 0.3) is 0 Å². The van der Waals surface area contributed by atoms with Gasteiger partial charge in [0.1, 0.15) is 0 Å². The Kier molecular flexibility index (Phi) is 3.95. The third-order valence-electron chi connectivity index (χ3n) is 4.31. The van der Waals surface area contributed by atoms with Crippen molar-refractivity contribution >= 4 is 0 Å². The van der Waals surface area contributed by atoms with Crippen LogP contribution in [0.2, 0.25) is 0 Å². The van der Waals surface area contributed by atoms with Gasteiger partial charge in [-0.3, -0.25) is 0 Å². The zero-order valence-corrected chi connectivity index (χ0v) is 11.7. The SMILES string of the molecule is CC1(C)CCCC(O)(Cc2cccc(F)c2F)CC1. The third-order valence-corrected chi connectivity index (χ3v) is 4.31. The predicted molar refractivity (Wildman–Crippen MR) is 71.9 cm³/mol. The molecule has 0 amide bonds. The van der Waals surface area contributed by atoms with Crippen LogP contribution in [0.15, 0.2) is 18.2 Å². The molecule has 0 spiro atoms. The van der Waals surface area contributed by atoms with Crippen LogP contribution in [0.5, 0.6) is 0 Å². The van der Waals surface area contributed by atoms with Crippen molar-refractivity contribution < 1.29 is 13.9 Å². The van der Waals surface area contributed by atoms with E-state index in [0.717, 1.165) is 25.3 Å². The maximum absolute atomic E-state index is 13.7. The first kappa shape index (κ1) is 14.4. The van der Waals surface area contributed by atoms with Crippen molar-refractivity contribution in [2.24, 2.45) is 5.41 Å². The molecule has 0 saturated heterocycles. The highest BCUT2D eigenvalue weighted by molar-refractivity contribution is 5.21. The highest BCUT2D eigenvalue weighted by atomic mass is 19.2. The summed E-state index contributed by atoms with van der Waals surface area (Å²) < 4.78 is 26.9. The van der Waals surface area contributed by atoms with Crippen molar-refractivity contribution in [1.29, 1.82) is 0 Å². The van der Waals surface area contributed by atoms with Crippen LogP contribution in [-0.2, 0) is 6.42 Å². The summed E-state index contributed by atoms with van der Waals surface area (Å²) in [5.74, 6) is -1.66. The minimum atomic E-state index is -0.900. The van der Waals surface area contributed by atoms with Gasteiger partial charge in [-0.15, -0.1) is 0 Å². The zero-order chi connectivity index (χ0) is 14.1. The number of rotatable bonds is 2. The summed E-state index contributed by atoms with van der Waals surface area (Å²) in [5, 5.41) is 10.7. The number of hydrogen-bond donors (Lipinski definition) is 1. The normalized spacial score (nSPS) is 27.0. The van der Waals surface area contributed by atoms with E-state index in [1.54, 1.807) is 6.07 Å². The van der Waals surface area contributed by atoms with Crippen molar-refractivity contribution in [2.75, 3.05) is 0 Å². The zero-order valence-electron chi connectivity index (χ0n) is 11.7. The highest BCUT2D eigenvalue weighted by Gasteiger charge is 2.34. The molecule has 1 aromatic carbocycles. The molecule has 0 aliphatic heterocycles. The monoisotopic (exact) mass is 268 g/mol. The van der Waals surface area contributed by atoms with Gasteiger partial charge in [0.05, 0.1) is 5.60 Å². The molecule has 2 rings (SSSR count). The molecule has 1 unspecified atom stereocenters. The molecule has 1 aliphatic carbocycles. The smallest absolute Gasteiger partial charge is 0.162 e. The van der Waals surface area contributed by atoms with Crippen molar-refractivity contribution in [2.45, 2.75) is 58.0 Å². The second kappa shape index (κ2) is 5.20. The lowest BCUT2D eigenvalue weighted by atomic mass is 9.83. The molecule has 1 N–H and O–H groups in total. The average Bonchev–Trinajstić information content (AvgIpc) is 2.45. The Morgan fingerprint density at radius 1 is 1.11 bits per heavy atom. The van der Waals surface area contributed by atoms with E-state index in [1.807, 2.05) is 0 Å². The average molecular weight is 268 g/mol. The molecule has 1 aliphatic rings. The first-order chi connectivity index (χ1) is 8.81. The highest BCUT2D eigenvalue weighted by Crippen LogP contribution is 2.39. The summed E-state index contributed by atoms with van der Waals surface area (Å²) in [7, 11) is 0. The minimum absolute atomic E-state index is 0.201. The van der Waals surface area contributed by atoms with Crippen LogP contribution in [0.3, 0.4) is 0 Å². The fourth-order valence-electron chi connectivity index (χ4n) is 2.93. The van der Waals surface area contributed by atoms with Gasteiger partial charge in [-0.25, -0.2) is 8.78 Å². The van der Waals surface area contributed by atoms with E-state index in [9.17, 15) is 13.9 Å². The van der Waals surface area contributed by atoms with E-state index in [2.05, 4.69) is 13.8 Å². The fraction of sp³-hybridized carbons (Fsp3) is 0.625. The van der Waals surface area contributed by atoms with Crippen molar-refractivity contribution in [1.82, 2.24) is 0 Å². The fourth-order valence-corrected chi connectivity index (χ4v) is 2.93. The quantitative estimate of drug-likeness (QED) is 0.796. The Labute approximate surface area is 113 Å². The van der Waals surface area contributed by atoms with E-state index in [4.69, 9.17) is 0 Å². The Bertz CT molecular complexity index is 456. The first-order valence-electron chi connectivity index (χ1n) is 6.97. The molecule has 0 bridgehead atoms. The van der Waals surface area contributed by atoms with Gasteiger partial charge in [0.2, 0.25) is 0 Å². The lowest BCUT2D eigenvalue weighted by Gasteiger charge is -2.28. The molecule has 0 heterocycles. The summed E-state index contributed by atoms with van der Waals surface area (Å²) in [6, 6.07) is 4.17. The number of hydrogen-bond acceptors (Lipinski definition) is 1. The molecule has 1 atom stereocenters. The molecular formula is C16H22F2O. The van der Waals surface area contributed by atoms with E-state index in [1.165, 1.54) is 6.07 Å². The van der Waals surface area contributed by atoms with Crippen LogP contribution in [0, 0.1) is 17.0 Å². The van der Waals surface area contributed by atoms with E-state index in [0.29, 0.717) is 12.8 Å². The van der Waals surface area contributed by atoms with Crippen LogP contribution in [0.4, 0.5) is 8.78 Å². The molecule has 1 nitrogen and oxygen atoms in total. The molecule has 19 heavy (non-hydrogen) atoms. The van der Waals surface area contributed by atoms with Gasteiger partial charge in [-0.1, -0.05) is 32.4 Å². The van der Waals surface area contributed by atoms with Gasteiger partial charge in [0.15, 0.2) is 11.6 Å². The van der Waals surface area contributed by atoms with Gasteiger partial charge in [0.25, 0.3) is 0 Å². The van der Waals surface area contributed by atoms with E-state index < -0.39 is 17.2 Å². The van der Waals surface area contributed by atoms with Crippen LogP contribution >= 0.6 is 0 Å². The number of benzene rings is 1. The van der Waals surface area contributed by atoms with E-state index >= 15 is 0 Å². The van der Waals surface area contributed by atoms with Crippen LogP contribution in [-0.4, -0.2) is 10.7 Å². The molecular weight excluding hydrogens is 246 g/mol. The molecule has 3 heteroatoms. The molecule has 0 radical (unpaired) electrons. The summed E-state index contributed by atoms with van der Waals surface area (Å²) in [4.78, 5) is 0. The molecule has 106 valence electrons. The summed E-state index contributed by atoms with van der Waals surface area (Å²) in [6.07, 6.45) is 4.43. The Hall–Kier alpha value is -0.960. The van der Waals surface area contributed by atoms with E-state index in [-0.39, 0.29) is 17.4 Å². The van der Waals surface area contributed by atoms with Crippen LogP contribution in [0.1, 0.15) is 51.5 Å². The first-order valence-corrected chi connectivity index (χ1v) is 6.97. The van der Waals surface area contributed by atoms with Crippen LogP contribution < -0.4 is 0 Å². The largest absolute Gasteiger partial charge is 0.390 e. The topological polar surface area (TPSA) is 20.2 Å². The molecule has 0 aromatic heterocycles. The van der Waals surface area contributed by atoms with Gasteiger partial charge in [0, 0.05) is 6.42 Å². The van der Waals surface area contributed by atoms with Gasteiger partial charge in [-0.2, -0.15) is 0 Å². The Morgan fingerprint density at radius 2 is 1.84 bits per heavy atom. The van der Waals surface area contributed by atoms with Crippen molar-refractivity contribution in [3.8, 4) is 0 Å². The predicted octanol–water partition coefficient (Wildman–Crippen LogP) is 4.23. The standard InChI is InChI=1S/C16H22F2O/c1-15(2)7-4-8-16(19,10-9-15)11-12-5-3-6-13(17)14(12)18/h3,5-6,19H,4,7-11H2,1-2H3. The van der Waals surface area contributed by atoms with Crippen molar-refractivity contribution in [3.05, 3.63) is 35.4 Å². The second-order valence-corrected chi connectivity index (χ2v) is 6.63. The minimum Gasteiger partial charge on any atom is -0.390 e. The lowest BCUT2D eigenvalue weighted by molar-refractivity contribution is 0.0217. The second-order valence-electron chi connectivity index (χ2n) is 6.63. The van der Waals surface area contributed by atoms with Crippen molar-refractivity contribution in [3.63, 3.8) is 0 Å². The van der Waals surface area contributed by atoms with Gasteiger partial charge in [-0.05, 0) is 42.7 Å². The lowest BCUT2D eigenvalue weighted by Crippen LogP contribution is -2.31. The Balaban J connectivity index is 2.15. The van der Waals surface area contributed by atoms with Gasteiger partial charge < -0.3 is 5.11 Å².